The van der Waals surface area contributed by atoms with Crippen molar-refractivity contribution in [2.75, 3.05) is 25.1 Å². The van der Waals surface area contributed by atoms with Crippen LogP contribution in [0.3, 0.4) is 0 Å². The van der Waals surface area contributed by atoms with Crippen LogP contribution in [-0.4, -0.2) is 26.0 Å². The fraction of sp³-hybridized carbons (Fsp3) is 0.611. The van der Waals surface area contributed by atoms with E-state index in [2.05, 4.69) is 18.7 Å². The Balaban J connectivity index is 2.26. The number of hydrogen-bond acceptors (Lipinski definition) is 3. The van der Waals surface area contributed by atoms with Gasteiger partial charge in [0.1, 0.15) is 5.75 Å². The number of hydrogen-bond donors (Lipinski definition) is 0. The first-order valence-corrected chi connectivity index (χ1v) is 8.00. The SMILES string of the molecule is CCC1(CC)CCN(c2cccc(OC)c2C(C)=O)CC1. The van der Waals surface area contributed by atoms with E-state index in [9.17, 15) is 4.79 Å². The summed E-state index contributed by atoms with van der Waals surface area (Å²) in [5, 5.41) is 0. The van der Waals surface area contributed by atoms with Crippen LogP contribution in [0.25, 0.3) is 0 Å². The molecule has 3 heteroatoms. The predicted molar refractivity (Wildman–Crippen MR) is 87.5 cm³/mol. The van der Waals surface area contributed by atoms with Gasteiger partial charge in [-0.3, -0.25) is 4.79 Å². The number of Topliss-reactive ketones (excluding diaryl/α,β-unsaturated/α-hetero) is 1. The summed E-state index contributed by atoms with van der Waals surface area (Å²) in [7, 11) is 1.63. The minimum Gasteiger partial charge on any atom is -0.496 e. The van der Waals surface area contributed by atoms with E-state index in [1.165, 1.54) is 25.7 Å². The van der Waals surface area contributed by atoms with Gasteiger partial charge in [0.25, 0.3) is 0 Å². The van der Waals surface area contributed by atoms with E-state index < -0.39 is 0 Å². The zero-order valence-corrected chi connectivity index (χ0v) is 13.7. The average molecular weight is 289 g/mol. The number of ether oxygens (including phenoxy) is 1. The lowest BCUT2D eigenvalue weighted by Gasteiger charge is -2.42. The van der Waals surface area contributed by atoms with Gasteiger partial charge in [0.05, 0.1) is 18.4 Å². The molecule has 116 valence electrons. The summed E-state index contributed by atoms with van der Waals surface area (Å²) in [6.07, 6.45) is 4.90. The van der Waals surface area contributed by atoms with Crippen LogP contribution in [0.2, 0.25) is 0 Å². The van der Waals surface area contributed by atoms with Crippen molar-refractivity contribution in [1.29, 1.82) is 0 Å². The van der Waals surface area contributed by atoms with Gasteiger partial charge in [0.2, 0.25) is 0 Å². The second-order valence-corrected chi connectivity index (χ2v) is 6.10. The molecule has 1 aromatic rings. The van der Waals surface area contributed by atoms with Crippen LogP contribution in [0.15, 0.2) is 18.2 Å². The minimum atomic E-state index is 0.0743. The lowest BCUT2D eigenvalue weighted by Crippen LogP contribution is -2.40. The number of piperidine rings is 1. The third kappa shape index (κ3) is 3.07. The Hall–Kier alpha value is -1.51. The highest BCUT2D eigenvalue weighted by Crippen LogP contribution is 2.40. The van der Waals surface area contributed by atoms with Crippen LogP contribution in [0.4, 0.5) is 5.69 Å². The van der Waals surface area contributed by atoms with Crippen molar-refractivity contribution in [3.63, 3.8) is 0 Å². The molecule has 0 atom stereocenters. The topological polar surface area (TPSA) is 29.5 Å². The molecule has 0 amide bonds. The molecular formula is C18H27NO2. The van der Waals surface area contributed by atoms with E-state index in [-0.39, 0.29) is 5.78 Å². The van der Waals surface area contributed by atoms with E-state index in [1.807, 2.05) is 18.2 Å². The molecule has 1 fully saturated rings. The molecule has 0 bridgehead atoms. The van der Waals surface area contributed by atoms with Crippen LogP contribution in [0.1, 0.15) is 56.8 Å². The number of ketones is 1. The van der Waals surface area contributed by atoms with E-state index >= 15 is 0 Å². The number of nitrogens with zero attached hydrogens (tertiary/aromatic N) is 1. The maximum Gasteiger partial charge on any atom is 0.165 e. The van der Waals surface area contributed by atoms with Crippen molar-refractivity contribution in [3.8, 4) is 5.75 Å². The van der Waals surface area contributed by atoms with Crippen molar-refractivity contribution in [3.05, 3.63) is 23.8 Å². The van der Waals surface area contributed by atoms with Gasteiger partial charge in [0.15, 0.2) is 5.78 Å². The molecule has 0 aliphatic carbocycles. The molecule has 0 radical (unpaired) electrons. The van der Waals surface area contributed by atoms with Gasteiger partial charge in [-0.15, -0.1) is 0 Å². The summed E-state index contributed by atoms with van der Waals surface area (Å²) >= 11 is 0. The lowest BCUT2D eigenvalue weighted by atomic mass is 9.74. The van der Waals surface area contributed by atoms with E-state index in [4.69, 9.17) is 4.74 Å². The highest BCUT2D eigenvalue weighted by atomic mass is 16.5. The zero-order valence-electron chi connectivity index (χ0n) is 13.7. The average Bonchev–Trinajstić information content (AvgIpc) is 2.54. The Morgan fingerprint density at radius 2 is 1.86 bits per heavy atom. The minimum absolute atomic E-state index is 0.0743. The number of methoxy groups -OCH3 is 1. The maximum atomic E-state index is 12.0. The Kier molecular flexibility index (Phi) is 4.92. The Labute approximate surface area is 128 Å². The van der Waals surface area contributed by atoms with Gasteiger partial charge in [-0.1, -0.05) is 32.8 Å². The number of carbonyl (C=O) groups excluding carboxylic acids is 1. The van der Waals surface area contributed by atoms with Gasteiger partial charge < -0.3 is 9.64 Å². The number of anilines is 1. The van der Waals surface area contributed by atoms with Crippen LogP contribution in [-0.2, 0) is 0 Å². The maximum absolute atomic E-state index is 12.0. The molecule has 0 spiro atoms. The number of carbonyl (C=O) groups is 1. The summed E-state index contributed by atoms with van der Waals surface area (Å²) in [6.45, 7) is 8.26. The Morgan fingerprint density at radius 1 is 1.24 bits per heavy atom. The molecule has 0 saturated carbocycles. The molecule has 0 N–H and O–H groups in total. The molecule has 1 heterocycles. The third-order valence-electron chi connectivity index (χ3n) is 5.24. The highest BCUT2D eigenvalue weighted by molar-refractivity contribution is 6.02. The molecule has 0 unspecified atom stereocenters. The van der Waals surface area contributed by atoms with Gasteiger partial charge in [0, 0.05) is 13.1 Å². The third-order valence-corrected chi connectivity index (χ3v) is 5.24. The first-order valence-electron chi connectivity index (χ1n) is 8.00. The van der Waals surface area contributed by atoms with Crippen molar-refractivity contribution < 1.29 is 9.53 Å². The molecular weight excluding hydrogens is 262 g/mol. The van der Waals surface area contributed by atoms with Gasteiger partial charge in [-0.05, 0) is 37.3 Å². The molecule has 1 aliphatic rings. The van der Waals surface area contributed by atoms with Crippen molar-refractivity contribution in [1.82, 2.24) is 0 Å². The molecule has 3 nitrogen and oxygen atoms in total. The molecule has 1 aromatic carbocycles. The predicted octanol–water partition coefficient (Wildman–Crippen LogP) is 4.30. The van der Waals surface area contributed by atoms with Gasteiger partial charge in [-0.25, -0.2) is 0 Å². The molecule has 21 heavy (non-hydrogen) atoms. The fourth-order valence-corrected chi connectivity index (χ4v) is 3.49. The van der Waals surface area contributed by atoms with Crippen LogP contribution >= 0.6 is 0 Å². The highest BCUT2D eigenvalue weighted by Gasteiger charge is 2.32. The van der Waals surface area contributed by atoms with E-state index in [1.54, 1.807) is 14.0 Å². The summed E-state index contributed by atoms with van der Waals surface area (Å²) < 4.78 is 5.37. The van der Waals surface area contributed by atoms with Gasteiger partial charge in [-0.2, -0.15) is 0 Å². The molecule has 2 rings (SSSR count). The molecule has 1 aliphatic heterocycles. The first-order chi connectivity index (χ1) is 10.1. The summed E-state index contributed by atoms with van der Waals surface area (Å²) in [4.78, 5) is 14.4. The normalized spacial score (nSPS) is 17.6. The summed E-state index contributed by atoms with van der Waals surface area (Å²) in [5.41, 5.74) is 2.24. The second-order valence-electron chi connectivity index (χ2n) is 6.10. The van der Waals surface area contributed by atoms with Crippen LogP contribution in [0.5, 0.6) is 5.75 Å². The van der Waals surface area contributed by atoms with E-state index in [0.717, 1.165) is 24.3 Å². The monoisotopic (exact) mass is 289 g/mol. The van der Waals surface area contributed by atoms with Crippen molar-refractivity contribution >= 4 is 11.5 Å². The Morgan fingerprint density at radius 3 is 2.33 bits per heavy atom. The number of rotatable bonds is 5. The van der Waals surface area contributed by atoms with Crippen LogP contribution in [0, 0.1) is 5.41 Å². The molecule has 1 saturated heterocycles. The summed E-state index contributed by atoms with van der Waals surface area (Å²) in [5.74, 6) is 0.757. The standard InChI is InChI=1S/C18H27NO2/c1-5-18(6-2)10-12-19(13-11-18)15-8-7-9-16(21-4)17(15)14(3)20/h7-9H,5-6,10-13H2,1-4H3. The largest absolute Gasteiger partial charge is 0.496 e. The van der Waals surface area contributed by atoms with Crippen molar-refractivity contribution in [2.45, 2.75) is 46.5 Å². The van der Waals surface area contributed by atoms with Gasteiger partial charge >= 0.3 is 0 Å². The van der Waals surface area contributed by atoms with Crippen molar-refractivity contribution in [2.24, 2.45) is 5.41 Å². The Bertz CT molecular complexity index is 496. The molecule has 0 aromatic heterocycles. The van der Waals surface area contributed by atoms with E-state index in [0.29, 0.717) is 11.2 Å². The fourth-order valence-electron chi connectivity index (χ4n) is 3.49. The quantitative estimate of drug-likeness (QED) is 0.757. The second kappa shape index (κ2) is 6.50. The smallest absolute Gasteiger partial charge is 0.165 e. The number of benzene rings is 1. The van der Waals surface area contributed by atoms with Crippen LogP contribution < -0.4 is 9.64 Å². The zero-order chi connectivity index (χ0) is 15.5. The summed E-state index contributed by atoms with van der Waals surface area (Å²) in [6, 6.07) is 5.89. The lowest BCUT2D eigenvalue weighted by molar-refractivity contribution is 0.101. The first kappa shape index (κ1) is 15.9.